The summed E-state index contributed by atoms with van der Waals surface area (Å²) in [6.07, 6.45) is 2.63. The molecule has 12 heavy (non-hydrogen) atoms. The molecule has 0 radical (unpaired) electrons. The number of hydrogen-bond acceptors (Lipinski definition) is 3. The molecule has 1 N–H and O–H groups in total. The SMILES string of the molecule is N#CC1CCNc2ncccc21. The molecule has 0 aliphatic carbocycles. The first kappa shape index (κ1) is 7.11. The highest BCUT2D eigenvalue weighted by Crippen LogP contribution is 2.28. The van der Waals surface area contributed by atoms with Gasteiger partial charge in [-0.15, -0.1) is 0 Å². The summed E-state index contributed by atoms with van der Waals surface area (Å²) < 4.78 is 0. The van der Waals surface area contributed by atoms with E-state index in [0.717, 1.165) is 24.3 Å². The Bertz CT molecular complexity index is 327. The summed E-state index contributed by atoms with van der Waals surface area (Å²) in [4.78, 5) is 4.16. The number of pyridine rings is 1. The quantitative estimate of drug-likeness (QED) is 0.624. The van der Waals surface area contributed by atoms with Gasteiger partial charge in [0.2, 0.25) is 0 Å². The molecule has 1 aliphatic heterocycles. The predicted molar refractivity (Wildman–Crippen MR) is 45.7 cm³/mol. The van der Waals surface area contributed by atoms with Crippen molar-refractivity contribution in [3.8, 4) is 6.07 Å². The topological polar surface area (TPSA) is 48.7 Å². The molecule has 2 heterocycles. The highest BCUT2D eigenvalue weighted by molar-refractivity contribution is 5.50. The lowest BCUT2D eigenvalue weighted by molar-refractivity contribution is 0.743. The summed E-state index contributed by atoms with van der Waals surface area (Å²) >= 11 is 0. The second kappa shape index (κ2) is 2.82. The van der Waals surface area contributed by atoms with Gasteiger partial charge in [0.25, 0.3) is 0 Å². The molecule has 0 saturated heterocycles. The molecule has 1 aromatic rings. The Kier molecular flexibility index (Phi) is 1.67. The van der Waals surface area contributed by atoms with E-state index in [-0.39, 0.29) is 5.92 Å². The summed E-state index contributed by atoms with van der Waals surface area (Å²) in [5, 5.41) is 12.0. The second-order valence-corrected chi connectivity index (χ2v) is 2.84. The number of nitrogens with zero attached hydrogens (tertiary/aromatic N) is 2. The zero-order valence-electron chi connectivity index (χ0n) is 6.62. The van der Waals surface area contributed by atoms with Crippen LogP contribution >= 0.6 is 0 Å². The van der Waals surface area contributed by atoms with E-state index in [2.05, 4.69) is 16.4 Å². The Morgan fingerprint density at radius 3 is 3.42 bits per heavy atom. The molecular weight excluding hydrogens is 150 g/mol. The lowest BCUT2D eigenvalue weighted by atomic mass is 9.95. The summed E-state index contributed by atoms with van der Waals surface area (Å²) in [5.74, 6) is 0.894. The molecule has 3 heteroatoms. The average molecular weight is 159 g/mol. The molecule has 0 saturated carbocycles. The third-order valence-corrected chi connectivity index (χ3v) is 2.10. The van der Waals surface area contributed by atoms with Crippen LogP contribution in [0.5, 0.6) is 0 Å². The Morgan fingerprint density at radius 1 is 1.67 bits per heavy atom. The lowest BCUT2D eigenvalue weighted by Gasteiger charge is -2.20. The van der Waals surface area contributed by atoms with Crippen molar-refractivity contribution in [1.82, 2.24) is 4.98 Å². The lowest BCUT2D eigenvalue weighted by Crippen LogP contribution is -2.16. The number of anilines is 1. The van der Waals surface area contributed by atoms with Crippen LogP contribution in [-0.2, 0) is 0 Å². The largest absolute Gasteiger partial charge is 0.370 e. The third-order valence-electron chi connectivity index (χ3n) is 2.10. The predicted octanol–water partition coefficient (Wildman–Crippen LogP) is 1.50. The molecule has 0 fully saturated rings. The van der Waals surface area contributed by atoms with Gasteiger partial charge in [-0.05, 0) is 12.5 Å². The van der Waals surface area contributed by atoms with Crippen molar-refractivity contribution in [3.05, 3.63) is 23.9 Å². The zero-order chi connectivity index (χ0) is 8.39. The van der Waals surface area contributed by atoms with Gasteiger partial charge in [-0.1, -0.05) is 6.07 Å². The molecule has 1 aromatic heterocycles. The van der Waals surface area contributed by atoms with Crippen molar-refractivity contribution >= 4 is 5.82 Å². The third kappa shape index (κ3) is 1.02. The van der Waals surface area contributed by atoms with Crippen LogP contribution in [0.2, 0.25) is 0 Å². The fourth-order valence-corrected chi connectivity index (χ4v) is 1.47. The summed E-state index contributed by atoms with van der Waals surface area (Å²) in [5.41, 5.74) is 1.03. The van der Waals surface area contributed by atoms with Gasteiger partial charge in [-0.2, -0.15) is 5.26 Å². The molecular formula is C9H9N3. The van der Waals surface area contributed by atoms with Crippen LogP contribution in [0.4, 0.5) is 5.82 Å². The van der Waals surface area contributed by atoms with Gasteiger partial charge in [0.1, 0.15) is 5.82 Å². The number of nitrogens with one attached hydrogen (secondary N) is 1. The maximum absolute atomic E-state index is 8.83. The Hall–Kier alpha value is -1.56. The van der Waals surface area contributed by atoms with E-state index in [0.29, 0.717) is 0 Å². The van der Waals surface area contributed by atoms with Gasteiger partial charge >= 0.3 is 0 Å². The summed E-state index contributed by atoms with van der Waals surface area (Å²) in [6.45, 7) is 0.849. The van der Waals surface area contributed by atoms with Crippen LogP contribution < -0.4 is 5.32 Å². The minimum Gasteiger partial charge on any atom is -0.370 e. The summed E-state index contributed by atoms with van der Waals surface area (Å²) in [6, 6.07) is 6.11. The molecule has 1 unspecified atom stereocenters. The maximum Gasteiger partial charge on any atom is 0.130 e. The molecule has 0 amide bonds. The van der Waals surface area contributed by atoms with E-state index in [9.17, 15) is 0 Å². The number of fused-ring (bicyclic) bond motifs is 1. The van der Waals surface area contributed by atoms with Gasteiger partial charge in [0, 0.05) is 18.3 Å². The van der Waals surface area contributed by atoms with E-state index in [1.54, 1.807) is 6.20 Å². The minimum absolute atomic E-state index is 0.0231. The van der Waals surface area contributed by atoms with Gasteiger partial charge < -0.3 is 5.32 Å². The smallest absolute Gasteiger partial charge is 0.130 e. The van der Waals surface area contributed by atoms with Crippen molar-refractivity contribution < 1.29 is 0 Å². The first-order chi connectivity index (χ1) is 5.92. The number of aromatic nitrogens is 1. The van der Waals surface area contributed by atoms with Crippen molar-refractivity contribution in [3.63, 3.8) is 0 Å². The molecule has 0 aromatic carbocycles. The molecule has 2 rings (SSSR count). The van der Waals surface area contributed by atoms with Crippen molar-refractivity contribution in [2.75, 3.05) is 11.9 Å². The zero-order valence-corrected chi connectivity index (χ0v) is 6.62. The average Bonchev–Trinajstić information content (AvgIpc) is 2.17. The second-order valence-electron chi connectivity index (χ2n) is 2.84. The van der Waals surface area contributed by atoms with E-state index < -0.39 is 0 Å². The van der Waals surface area contributed by atoms with Crippen molar-refractivity contribution in [1.29, 1.82) is 5.26 Å². The molecule has 1 aliphatic rings. The molecule has 1 atom stereocenters. The summed E-state index contributed by atoms with van der Waals surface area (Å²) in [7, 11) is 0. The van der Waals surface area contributed by atoms with Gasteiger partial charge in [0.05, 0.1) is 12.0 Å². The first-order valence-corrected chi connectivity index (χ1v) is 4.00. The van der Waals surface area contributed by atoms with Crippen LogP contribution in [0.3, 0.4) is 0 Å². The van der Waals surface area contributed by atoms with Gasteiger partial charge in [-0.25, -0.2) is 4.98 Å². The fraction of sp³-hybridized carbons (Fsp3) is 0.333. The molecule has 0 spiro atoms. The fourth-order valence-electron chi connectivity index (χ4n) is 1.47. The van der Waals surface area contributed by atoms with E-state index in [4.69, 9.17) is 5.26 Å². The molecule has 60 valence electrons. The van der Waals surface area contributed by atoms with Gasteiger partial charge in [0.15, 0.2) is 0 Å². The number of nitriles is 1. The van der Waals surface area contributed by atoms with E-state index >= 15 is 0 Å². The number of rotatable bonds is 0. The van der Waals surface area contributed by atoms with E-state index in [1.165, 1.54) is 0 Å². The normalized spacial score (nSPS) is 20.4. The standard InChI is InChI=1S/C9H9N3/c10-6-7-3-5-12-9-8(7)2-1-4-11-9/h1-2,4,7H,3,5H2,(H,11,12). The van der Waals surface area contributed by atoms with Crippen LogP contribution in [0, 0.1) is 11.3 Å². The van der Waals surface area contributed by atoms with Crippen LogP contribution in [0.15, 0.2) is 18.3 Å². The maximum atomic E-state index is 8.83. The van der Waals surface area contributed by atoms with Gasteiger partial charge in [-0.3, -0.25) is 0 Å². The van der Waals surface area contributed by atoms with Crippen LogP contribution in [-0.4, -0.2) is 11.5 Å². The Balaban J connectivity index is 2.45. The van der Waals surface area contributed by atoms with Crippen molar-refractivity contribution in [2.45, 2.75) is 12.3 Å². The first-order valence-electron chi connectivity index (χ1n) is 4.00. The van der Waals surface area contributed by atoms with Crippen LogP contribution in [0.1, 0.15) is 17.9 Å². The molecule has 0 bridgehead atoms. The highest BCUT2D eigenvalue weighted by atomic mass is 15.0. The minimum atomic E-state index is 0.0231. The monoisotopic (exact) mass is 159 g/mol. The Labute approximate surface area is 71.0 Å². The van der Waals surface area contributed by atoms with E-state index in [1.807, 2.05) is 12.1 Å². The Morgan fingerprint density at radius 2 is 2.58 bits per heavy atom. The van der Waals surface area contributed by atoms with Crippen LogP contribution in [0.25, 0.3) is 0 Å². The number of hydrogen-bond donors (Lipinski definition) is 1. The molecule has 3 nitrogen and oxygen atoms in total. The highest BCUT2D eigenvalue weighted by Gasteiger charge is 2.19. The van der Waals surface area contributed by atoms with Crippen molar-refractivity contribution in [2.24, 2.45) is 0 Å².